The van der Waals surface area contributed by atoms with Crippen LogP contribution in [-0.2, 0) is 13.0 Å². The maximum atomic E-state index is 11.2. The summed E-state index contributed by atoms with van der Waals surface area (Å²) in [5.41, 5.74) is 4.38. The highest BCUT2D eigenvalue weighted by atomic mass is 35.5. The number of benzene rings is 2. The molecule has 0 atom stereocenters. The molecule has 0 aliphatic carbocycles. The van der Waals surface area contributed by atoms with Gasteiger partial charge in [-0.2, -0.15) is 0 Å². The van der Waals surface area contributed by atoms with Crippen molar-refractivity contribution in [3.05, 3.63) is 64.2 Å². The monoisotopic (exact) mass is 285 g/mol. The Morgan fingerprint density at radius 3 is 2.70 bits per heavy atom. The van der Waals surface area contributed by atoms with Crippen molar-refractivity contribution >= 4 is 23.6 Å². The van der Waals surface area contributed by atoms with Gasteiger partial charge in [0.1, 0.15) is 0 Å². The summed E-state index contributed by atoms with van der Waals surface area (Å²) in [5.74, 6) is 0. The normalized spacial score (nSPS) is 14.6. The second-order valence-electron chi connectivity index (χ2n) is 5.11. The van der Waals surface area contributed by atoms with Gasteiger partial charge in [0.15, 0.2) is 6.29 Å². The van der Waals surface area contributed by atoms with Crippen molar-refractivity contribution in [2.45, 2.75) is 19.4 Å². The third kappa shape index (κ3) is 2.56. The number of carbonyl (C=O) groups excluding carboxylic acids is 1. The zero-order valence-corrected chi connectivity index (χ0v) is 11.9. The maximum absolute atomic E-state index is 11.2. The number of rotatable bonds is 2. The fourth-order valence-electron chi connectivity index (χ4n) is 2.80. The van der Waals surface area contributed by atoms with Crippen molar-refractivity contribution in [2.75, 3.05) is 11.4 Å². The Morgan fingerprint density at radius 2 is 1.90 bits per heavy atom. The molecule has 0 aromatic heterocycles. The second-order valence-corrected chi connectivity index (χ2v) is 5.55. The smallest absolute Gasteiger partial charge is 0.152 e. The molecule has 20 heavy (non-hydrogen) atoms. The molecule has 0 radical (unpaired) electrons. The van der Waals surface area contributed by atoms with Gasteiger partial charge in [-0.25, -0.2) is 0 Å². The van der Waals surface area contributed by atoms with Gasteiger partial charge in [0.2, 0.25) is 0 Å². The zero-order chi connectivity index (χ0) is 13.9. The summed E-state index contributed by atoms with van der Waals surface area (Å²) in [6.07, 6.45) is 3.08. The van der Waals surface area contributed by atoms with Crippen LogP contribution in [0.1, 0.15) is 27.9 Å². The van der Waals surface area contributed by atoms with Crippen LogP contribution in [0.4, 0.5) is 5.69 Å². The summed E-state index contributed by atoms with van der Waals surface area (Å²) in [6.45, 7) is 1.77. The molecule has 2 aromatic carbocycles. The Labute approximate surface area is 124 Å². The first-order chi connectivity index (χ1) is 9.78. The molecule has 0 amide bonds. The van der Waals surface area contributed by atoms with E-state index >= 15 is 0 Å². The minimum Gasteiger partial charge on any atom is -0.367 e. The lowest BCUT2D eigenvalue weighted by Gasteiger charge is -2.24. The lowest BCUT2D eigenvalue weighted by molar-refractivity contribution is 0.112. The number of aryl methyl sites for hydroxylation is 1. The number of hydrogen-bond donors (Lipinski definition) is 0. The summed E-state index contributed by atoms with van der Waals surface area (Å²) in [4.78, 5) is 13.5. The molecule has 0 N–H and O–H groups in total. The van der Waals surface area contributed by atoms with E-state index in [0.717, 1.165) is 37.9 Å². The van der Waals surface area contributed by atoms with Crippen molar-refractivity contribution in [1.29, 1.82) is 0 Å². The fourth-order valence-corrected chi connectivity index (χ4v) is 2.96. The highest BCUT2D eigenvalue weighted by molar-refractivity contribution is 6.31. The average Bonchev–Trinajstić information content (AvgIpc) is 2.69. The van der Waals surface area contributed by atoms with Gasteiger partial charge < -0.3 is 4.90 Å². The molecule has 2 aromatic rings. The van der Waals surface area contributed by atoms with E-state index in [1.54, 1.807) is 12.1 Å². The van der Waals surface area contributed by atoms with Crippen LogP contribution in [0.25, 0.3) is 0 Å². The maximum Gasteiger partial charge on any atom is 0.152 e. The van der Waals surface area contributed by atoms with Crippen molar-refractivity contribution in [2.24, 2.45) is 0 Å². The van der Waals surface area contributed by atoms with E-state index in [1.165, 1.54) is 11.1 Å². The first kappa shape index (κ1) is 13.2. The SMILES string of the molecule is O=Cc1ccc(Cl)cc1N1CCCc2ccccc2C1. The molecule has 0 saturated carbocycles. The highest BCUT2D eigenvalue weighted by Gasteiger charge is 2.17. The van der Waals surface area contributed by atoms with Crippen molar-refractivity contribution in [3.63, 3.8) is 0 Å². The first-order valence-electron chi connectivity index (χ1n) is 6.84. The number of halogens is 1. The lowest BCUT2D eigenvalue weighted by Crippen LogP contribution is -2.23. The van der Waals surface area contributed by atoms with E-state index in [9.17, 15) is 4.79 Å². The van der Waals surface area contributed by atoms with Crippen LogP contribution in [0.3, 0.4) is 0 Å². The van der Waals surface area contributed by atoms with E-state index in [2.05, 4.69) is 29.2 Å². The first-order valence-corrected chi connectivity index (χ1v) is 7.22. The minimum absolute atomic E-state index is 0.670. The molecule has 2 nitrogen and oxygen atoms in total. The molecule has 1 aliphatic rings. The standard InChI is InChI=1S/C17H16ClNO/c18-16-8-7-15(12-20)17(10-16)19-9-3-6-13-4-1-2-5-14(13)11-19/h1-2,4-5,7-8,10,12H,3,6,9,11H2. The summed E-state index contributed by atoms with van der Waals surface area (Å²) >= 11 is 6.09. The Hall–Kier alpha value is -1.80. The molecule has 0 saturated heterocycles. The molecule has 1 heterocycles. The topological polar surface area (TPSA) is 20.3 Å². The molecule has 0 fully saturated rings. The van der Waals surface area contributed by atoms with Crippen LogP contribution >= 0.6 is 11.6 Å². The van der Waals surface area contributed by atoms with Gasteiger partial charge in [-0.05, 0) is 42.2 Å². The summed E-state index contributed by atoms with van der Waals surface area (Å²) < 4.78 is 0. The largest absolute Gasteiger partial charge is 0.367 e. The molecule has 3 heteroatoms. The van der Waals surface area contributed by atoms with Gasteiger partial charge in [-0.3, -0.25) is 4.79 Å². The van der Waals surface area contributed by atoms with Gasteiger partial charge in [0, 0.05) is 29.4 Å². The van der Waals surface area contributed by atoms with Crippen molar-refractivity contribution in [3.8, 4) is 0 Å². The summed E-state index contributed by atoms with van der Waals surface area (Å²) in [6, 6.07) is 14.0. The second kappa shape index (κ2) is 5.68. The Balaban J connectivity index is 1.99. The average molecular weight is 286 g/mol. The molecule has 3 rings (SSSR count). The van der Waals surface area contributed by atoms with Gasteiger partial charge in [-0.1, -0.05) is 35.9 Å². The third-order valence-corrected chi connectivity index (χ3v) is 4.05. The molecular weight excluding hydrogens is 270 g/mol. The lowest BCUT2D eigenvalue weighted by atomic mass is 10.0. The predicted octanol–water partition coefficient (Wildman–Crippen LogP) is 4.11. The van der Waals surface area contributed by atoms with Crippen molar-refractivity contribution in [1.82, 2.24) is 0 Å². The number of fused-ring (bicyclic) bond motifs is 1. The number of anilines is 1. The molecule has 102 valence electrons. The van der Waals surface area contributed by atoms with Gasteiger partial charge in [0.05, 0.1) is 0 Å². The molecule has 0 bridgehead atoms. The van der Waals surface area contributed by atoms with Crippen LogP contribution in [-0.4, -0.2) is 12.8 Å². The third-order valence-electron chi connectivity index (χ3n) is 3.81. The van der Waals surface area contributed by atoms with E-state index in [-0.39, 0.29) is 0 Å². The van der Waals surface area contributed by atoms with Crippen LogP contribution in [0.2, 0.25) is 5.02 Å². The van der Waals surface area contributed by atoms with Crippen LogP contribution < -0.4 is 4.90 Å². The van der Waals surface area contributed by atoms with Gasteiger partial charge >= 0.3 is 0 Å². The van der Waals surface area contributed by atoms with E-state index in [1.807, 2.05) is 6.07 Å². The van der Waals surface area contributed by atoms with E-state index in [0.29, 0.717) is 10.6 Å². The quantitative estimate of drug-likeness (QED) is 0.774. The Kier molecular flexibility index (Phi) is 3.75. The minimum atomic E-state index is 0.670. The summed E-state index contributed by atoms with van der Waals surface area (Å²) in [7, 11) is 0. The van der Waals surface area contributed by atoms with Crippen LogP contribution in [0.5, 0.6) is 0 Å². The van der Waals surface area contributed by atoms with E-state index < -0.39 is 0 Å². The van der Waals surface area contributed by atoms with Gasteiger partial charge in [-0.15, -0.1) is 0 Å². The number of aldehydes is 1. The highest BCUT2D eigenvalue weighted by Crippen LogP contribution is 2.28. The number of carbonyl (C=O) groups is 1. The predicted molar refractivity (Wildman–Crippen MR) is 82.7 cm³/mol. The molecule has 0 spiro atoms. The fraction of sp³-hybridized carbons (Fsp3) is 0.235. The zero-order valence-electron chi connectivity index (χ0n) is 11.2. The molecule has 1 aliphatic heterocycles. The van der Waals surface area contributed by atoms with Crippen LogP contribution in [0.15, 0.2) is 42.5 Å². The van der Waals surface area contributed by atoms with Crippen LogP contribution in [0, 0.1) is 0 Å². The number of nitrogens with zero attached hydrogens (tertiary/aromatic N) is 1. The van der Waals surface area contributed by atoms with Crippen molar-refractivity contribution < 1.29 is 4.79 Å². The van der Waals surface area contributed by atoms with E-state index in [4.69, 9.17) is 11.6 Å². The Morgan fingerprint density at radius 1 is 1.10 bits per heavy atom. The molecular formula is C17H16ClNO. The Bertz CT molecular complexity index is 639. The summed E-state index contributed by atoms with van der Waals surface area (Å²) in [5, 5.41) is 0.670. The number of hydrogen-bond acceptors (Lipinski definition) is 2. The van der Waals surface area contributed by atoms with Gasteiger partial charge in [0.25, 0.3) is 0 Å². The molecule has 0 unspecified atom stereocenters.